The van der Waals surface area contributed by atoms with Crippen LogP contribution in [0.5, 0.6) is 5.75 Å². The summed E-state index contributed by atoms with van der Waals surface area (Å²) in [4.78, 5) is 0. The summed E-state index contributed by atoms with van der Waals surface area (Å²) in [5.41, 5.74) is 2.61. The fourth-order valence-corrected chi connectivity index (χ4v) is 2.90. The molecule has 20 heavy (non-hydrogen) atoms. The number of aliphatic hydroxyl groups is 1. The summed E-state index contributed by atoms with van der Waals surface area (Å²) in [7, 11) is 1.59. The van der Waals surface area contributed by atoms with Gasteiger partial charge in [0.1, 0.15) is 11.8 Å². The maximum absolute atomic E-state index is 10.7. The monoisotopic (exact) mass is 338 g/mol. The first kappa shape index (κ1) is 15.1. The molecule has 1 atom stereocenters. The molecule has 108 valence electrons. The fraction of sp³-hybridized carbons (Fsp3) is 0.400. The zero-order valence-electron chi connectivity index (χ0n) is 12.1. The number of aromatic nitrogens is 2. The number of benzene rings is 1. The Morgan fingerprint density at radius 2 is 2.05 bits per heavy atom. The average Bonchev–Trinajstić information content (AvgIpc) is 2.81. The highest BCUT2D eigenvalue weighted by Crippen LogP contribution is 2.35. The summed E-state index contributed by atoms with van der Waals surface area (Å²) >= 11 is 3.51. The summed E-state index contributed by atoms with van der Waals surface area (Å²) < 4.78 is 7.99. The van der Waals surface area contributed by atoms with E-state index in [1.165, 1.54) is 0 Å². The molecular weight excluding hydrogens is 320 g/mol. The van der Waals surface area contributed by atoms with Gasteiger partial charge >= 0.3 is 0 Å². The standard InChI is InChI=1S/C15H19BrN2O2/c1-9(2)18-14(13(20-4)8-17-18)15(19)11-6-5-10(3)7-12(11)16/h5-9,15,19H,1-4H3. The molecule has 5 heteroatoms. The Morgan fingerprint density at radius 3 is 2.60 bits per heavy atom. The molecule has 0 bridgehead atoms. The van der Waals surface area contributed by atoms with E-state index in [4.69, 9.17) is 4.74 Å². The Morgan fingerprint density at radius 1 is 1.35 bits per heavy atom. The maximum atomic E-state index is 10.7. The number of aliphatic hydroxyl groups excluding tert-OH is 1. The van der Waals surface area contributed by atoms with Crippen LogP contribution in [-0.2, 0) is 0 Å². The minimum Gasteiger partial charge on any atom is -0.493 e. The van der Waals surface area contributed by atoms with Crippen molar-refractivity contribution in [2.45, 2.75) is 32.9 Å². The normalized spacial score (nSPS) is 12.8. The molecule has 0 aliphatic carbocycles. The van der Waals surface area contributed by atoms with E-state index >= 15 is 0 Å². The quantitative estimate of drug-likeness (QED) is 0.925. The van der Waals surface area contributed by atoms with Crippen LogP contribution in [0.1, 0.15) is 42.8 Å². The number of methoxy groups -OCH3 is 1. The van der Waals surface area contributed by atoms with Gasteiger partial charge in [0, 0.05) is 16.1 Å². The Bertz CT molecular complexity index is 608. The van der Waals surface area contributed by atoms with Crippen molar-refractivity contribution < 1.29 is 9.84 Å². The van der Waals surface area contributed by atoms with Crippen molar-refractivity contribution in [1.82, 2.24) is 9.78 Å². The number of halogens is 1. The number of aryl methyl sites for hydroxylation is 1. The number of ether oxygens (including phenoxy) is 1. The first-order chi connectivity index (χ1) is 9.45. The van der Waals surface area contributed by atoms with Gasteiger partial charge in [-0.25, -0.2) is 0 Å². The lowest BCUT2D eigenvalue weighted by molar-refractivity contribution is 0.199. The predicted octanol–water partition coefficient (Wildman–Crippen LogP) is 3.63. The molecule has 0 aliphatic heterocycles. The van der Waals surface area contributed by atoms with Gasteiger partial charge in [0.25, 0.3) is 0 Å². The minimum atomic E-state index is -0.787. The number of hydrogen-bond donors (Lipinski definition) is 1. The maximum Gasteiger partial charge on any atom is 0.163 e. The van der Waals surface area contributed by atoms with Gasteiger partial charge in [0.2, 0.25) is 0 Å². The van der Waals surface area contributed by atoms with E-state index in [2.05, 4.69) is 21.0 Å². The molecule has 4 nitrogen and oxygen atoms in total. The molecule has 2 rings (SSSR count). The van der Waals surface area contributed by atoms with Crippen molar-refractivity contribution >= 4 is 15.9 Å². The summed E-state index contributed by atoms with van der Waals surface area (Å²) in [6, 6.07) is 6.03. The molecule has 1 heterocycles. The van der Waals surface area contributed by atoms with E-state index in [1.807, 2.05) is 39.0 Å². The molecular formula is C15H19BrN2O2. The van der Waals surface area contributed by atoms with Crippen molar-refractivity contribution in [2.75, 3.05) is 7.11 Å². The van der Waals surface area contributed by atoms with Gasteiger partial charge in [0.05, 0.1) is 13.3 Å². The summed E-state index contributed by atoms with van der Waals surface area (Å²) in [5, 5.41) is 15.0. The van der Waals surface area contributed by atoms with Gasteiger partial charge in [-0.15, -0.1) is 0 Å². The highest BCUT2D eigenvalue weighted by molar-refractivity contribution is 9.10. The van der Waals surface area contributed by atoms with Crippen LogP contribution in [0.15, 0.2) is 28.9 Å². The Kier molecular flexibility index (Phi) is 4.50. The lowest BCUT2D eigenvalue weighted by Gasteiger charge is -2.18. The van der Waals surface area contributed by atoms with Gasteiger partial charge in [-0.1, -0.05) is 28.1 Å². The zero-order valence-corrected chi connectivity index (χ0v) is 13.7. The van der Waals surface area contributed by atoms with E-state index in [-0.39, 0.29) is 6.04 Å². The zero-order chi connectivity index (χ0) is 14.9. The molecule has 2 aromatic rings. The first-order valence-electron chi connectivity index (χ1n) is 6.51. The molecule has 0 spiro atoms. The van der Waals surface area contributed by atoms with Gasteiger partial charge in [0.15, 0.2) is 5.75 Å². The number of hydrogen-bond acceptors (Lipinski definition) is 3. The van der Waals surface area contributed by atoms with Crippen LogP contribution in [0.2, 0.25) is 0 Å². The largest absolute Gasteiger partial charge is 0.493 e. The molecule has 0 amide bonds. The van der Waals surface area contributed by atoms with Crippen molar-refractivity contribution in [1.29, 1.82) is 0 Å². The van der Waals surface area contributed by atoms with E-state index in [1.54, 1.807) is 18.0 Å². The highest BCUT2D eigenvalue weighted by atomic mass is 79.9. The smallest absolute Gasteiger partial charge is 0.163 e. The fourth-order valence-electron chi connectivity index (χ4n) is 2.19. The average molecular weight is 339 g/mol. The topological polar surface area (TPSA) is 47.3 Å². The molecule has 1 aromatic heterocycles. The summed E-state index contributed by atoms with van der Waals surface area (Å²) in [5.74, 6) is 0.596. The molecule has 0 radical (unpaired) electrons. The molecule has 0 aliphatic rings. The Balaban J connectivity index is 2.52. The third-order valence-corrected chi connectivity index (χ3v) is 3.90. The van der Waals surface area contributed by atoms with Gasteiger partial charge in [-0.05, 0) is 32.4 Å². The Labute approximate surface area is 127 Å². The van der Waals surface area contributed by atoms with Crippen molar-refractivity contribution in [2.24, 2.45) is 0 Å². The second-order valence-corrected chi connectivity index (χ2v) is 5.92. The second kappa shape index (κ2) is 5.97. The van der Waals surface area contributed by atoms with Crippen LogP contribution in [0.25, 0.3) is 0 Å². The van der Waals surface area contributed by atoms with E-state index in [0.717, 1.165) is 15.6 Å². The van der Waals surface area contributed by atoms with Crippen molar-refractivity contribution in [3.05, 3.63) is 45.7 Å². The lowest BCUT2D eigenvalue weighted by atomic mass is 10.0. The van der Waals surface area contributed by atoms with Crippen molar-refractivity contribution in [3.63, 3.8) is 0 Å². The molecule has 0 saturated carbocycles. The third kappa shape index (κ3) is 2.74. The van der Waals surface area contributed by atoms with Gasteiger partial charge in [-0.2, -0.15) is 5.10 Å². The molecule has 0 fully saturated rings. The summed E-state index contributed by atoms with van der Waals surface area (Å²) in [6.07, 6.45) is 0.852. The predicted molar refractivity (Wildman–Crippen MR) is 82.1 cm³/mol. The van der Waals surface area contributed by atoms with E-state index in [0.29, 0.717) is 11.4 Å². The highest BCUT2D eigenvalue weighted by Gasteiger charge is 2.24. The van der Waals surface area contributed by atoms with Crippen LogP contribution in [0.3, 0.4) is 0 Å². The minimum absolute atomic E-state index is 0.146. The van der Waals surface area contributed by atoms with Crippen LogP contribution < -0.4 is 4.74 Å². The molecule has 1 N–H and O–H groups in total. The number of nitrogens with zero attached hydrogens (tertiary/aromatic N) is 2. The SMILES string of the molecule is COc1cnn(C(C)C)c1C(O)c1ccc(C)cc1Br. The van der Waals surface area contributed by atoms with E-state index < -0.39 is 6.10 Å². The van der Waals surface area contributed by atoms with Crippen LogP contribution >= 0.6 is 15.9 Å². The third-order valence-electron chi connectivity index (χ3n) is 3.22. The lowest BCUT2D eigenvalue weighted by Crippen LogP contribution is -2.13. The van der Waals surface area contributed by atoms with Gasteiger partial charge < -0.3 is 9.84 Å². The second-order valence-electron chi connectivity index (χ2n) is 5.06. The van der Waals surface area contributed by atoms with Crippen LogP contribution in [0, 0.1) is 6.92 Å². The molecule has 0 saturated heterocycles. The molecule has 1 unspecified atom stereocenters. The molecule has 1 aromatic carbocycles. The Hall–Kier alpha value is -1.33. The van der Waals surface area contributed by atoms with Gasteiger partial charge in [-0.3, -0.25) is 4.68 Å². The van der Waals surface area contributed by atoms with Crippen LogP contribution in [-0.4, -0.2) is 22.0 Å². The van der Waals surface area contributed by atoms with Crippen LogP contribution in [0.4, 0.5) is 0 Å². The summed E-state index contributed by atoms with van der Waals surface area (Å²) in [6.45, 7) is 6.06. The first-order valence-corrected chi connectivity index (χ1v) is 7.30. The van der Waals surface area contributed by atoms with Crippen molar-refractivity contribution in [3.8, 4) is 5.75 Å². The number of rotatable bonds is 4. The van der Waals surface area contributed by atoms with E-state index in [9.17, 15) is 5.11 Å².